The number of rotatable bonds is 7. The predicted molar refractivity (Wildman–Crippen MR) is 137 cm³/mol. The first kappa shape index (κ1) is 30.4. The maximum Gasteiger partial charge on any atom is 0.291 e. The van der Waals surface area contributed by atoms with Crippen molar-refractivity contribution in [2.24, 2.45) is 29.1 Å². The highest BCUT2D eigenvalue weighted by Gasteiger charge is 2.62. The second-order valence-electron chi connectivity index (χ2n) is 12.7. The fraction of sp³-hybridized carbons (Fsp3) is 0.808. The van der Waals surface area contributed by atoms with Gasteiger partial charge in [0, 0.05) is 19.0 Å². The summed E-state index contributed by atoms with van der Waals surface area (Å²) in [6, 6.07) is -2.40. The minimum absolute atomic E-state index is 0.0173. The number of nitrogens with one attached hydrogen (secondary N) is 3. The number of hydrogen-bond donors (Lipinski definition) is 3. The summed E-state index contributed by atoms with van der Waals surface area (Å²) in [6.45, 7) is 6.73. The number of halogens is 4. The van der Waals surface area contributed by atoms with Crippen LogP contribution in [0.4, 0.5) is 13.2 Å². The highest BCUT2D eigenvalue weighted by atomic mass is 35.5. The molecule has 0 aromatic rings. The van der Waals surface area contributed by atoms with Gasteiger partial charge in [-0.25, -0.2) is 18.2 Å². The fourth-order valence-electron chi connectivity index (χ4n) is 6.26. The molecule has 2 saturated heterocycles. The van der Waals surface area contributed by atoms with Crippen molar-refractivity contribution in [1.82, 2.24) is 26.0 Å². The number of hydrazine groups is 1. The van der Waals surface area contributed by atoms with Crippen molar-refractivity contribution in [3.8, 4) is 0 Å². The Morgan fingerprint density at radius 1 is 1.20 bits per heavy atom. The average molecular weight is 592 g/mol. The molecule has 3 N–H and O–H groups in total. The molecule has 2 aliphatic carbocycles. The molecule has 0 spiro atoms. The molecule has 0 aromatic carbocycles. The van der Waals surface area contributed by atoms with E-state index in [1.165, 1.54) is 4.90 Å². The summed E-state index contributed by atoms with van der Waals surface area (Å²) in [5.74, 6) is -9.42. The van der Waals surface area contributed by atoms with Crippen LogP contribution in [0, 0.1) is 29.1 Å². The van der Waals surface area contributed by atoms with Crippen molar-refractivity contribution < 1.29 is 37.1 Å². The van der Waals surface area contributed by atoms with E-state index in [9.17, 15) is 37.1 Å². The number of nitrogens with zero attached hydrogens (tertiary/aromatic N) is 2. The molecule has 10 nitrogen and oxygen atoms in total. The zero-order chi connectivity index (χ0) is 29.7. The molecule has 4 aliphatic rings. The van der Waals surface area contributed by atoms with Gasteiger partial charge in [0.05, 0.1) is 12.5 Å². The lowest BCUT2D eigenvalue weighted by atomic mass is 9.85. The highest BCUT2D eigenvalue weighted by molar-refractivity contribution is 6.29. The molecule has 2 saturated carbocycles. The quantitative estimate of drug-likeness (QED) is 0.307. The summed E-state index contributed by atoms with van der Waals surface area (Å²) >= 11 is 5.41. The molecular weight excluding hydrogens is 555 g/mol. The van der Waals surface area contributed by atoms with Gasteiger partial charge in [-0.15, -0.1) is 0 Å². The van der Waals surface area contributed by atoms with Gasteiger partial charge in [0.25, 0.3) is 23.4 Å². The molecule has 40 heavy (non-hydrogen) atoms. The van der Waals surface area contributed by atoms with E-state index in [0.29, 0.717) is 17.9 Å². The SMILES string of the molecule is C[C@H]1C[C@H](CN(NC(=O)[C@@H]2[C@H]3CCC[C@H]3CN2C(=O)[C@@H](NC(=O)[C@@H]2CC2(F)F)C(C)(C)C)C(=O)[C@H](F)Cl)C(=O)N1. The van der Waals surface area contributed by atoms with Crippen LogP contribution in [-0.4, -0.2) is 82.2 Å². The summed E-state index contributed by atoms with van der Waals surface area (Å²) in [7, 11) is 0. The van der Waals surface area contributed by atoms with Crippen LogP contribution < -0.4 is 16.1 Å². The number of fused-ring (bicyclic) bond motifs is 1. The van der Waals surface area contributed by atoms with Gasteiger partial charge in [-0.2, -0.15) is 0 Å². The van der Waals surface area contributed by atoms with Crippen molar-refractivity contribution in [3.05, 3.63) is 0 Å². The molecular formula is C26H37ClF3N5O5. The molecule has 4 rings (SSSR count). The van der Waals surface area contributed by atoms with Gasteiger partial charge in [-0.3, -0.25) is 29.4 Å². The third kappa shape index (κ3) is 6.18. The average Bonchev–Trinajstić information content (AvgIpc) is 3.16. The van der Waals surface area contributed by atoms with E-state index in [0.717, 1.165) is 12.8 Å². The number of carbonyl (C=O) groups is 5. The molecule has 5 amide bonds. The Morgan fingerprint density at radius 2 is 1.85 bits per heavy atom. The van der Waals surface area contributed by atoms with Crippen LogP contribution in [-0.2, 0) is 24.0 Å². The first-order valence-electron chi connectivity index (χ1n) is 13.7. The summed E-state index contributed by atoms with van der Waals surface area (Å²) in [5.41, 5.74) is -0.922. The van der Waals surface area contributed by atoms with E-state index >= 15 is 0 Å². The normalized spacial score (nSPS) is 32.1. The van der Waals surface area contributed by atoms with Gasteiger partial charge in [0.2, 0.25) is 17.7 Å². The minimum atomic E-state index is -3.11. The Morgan fingerprint density at radius 3 is 2.38 bits per heavy atom. The highest BCUT2D eigenvalue weighted by Crippen LogP contribution is 2.49. The first-order valence-corrected chi connectivity index (χ1v) is 14.1. The summed E-state index contributed by atoms with van der Waals surface area (Å²) in [5, 5.41) is 5.90. The van der Waals surface area contributed by atoms with Gasteiger partial charge in [0.1, 0.15) is 18.0 Å². The number of alkyl halides is 4. The second-order valence-corrected chi connectivity index (χ2v) is 13.1. The minimum Gasteiger partial charge on any atom is -0.353 e. The Hall–Kier alpha value is -2.57. The lowest BCUT2D eigenvalue weighted by Gasteiger charge is -2.37. The van der Waals surface area contributed by atoms with Crippen LogP contribution in [0.1, 0.15) is 59.8 Å². The number of likely N-dealkylation sites (tertiary alicyclic amines) is 1. The molecule has 0 unspecified atom stereocenters. The number of carbonyl (C=O) groups excluding carboxylic acids is 5. The maximum atomic E-state index is 13.9. The largest absolute Gasteiger partial charge is 0.353 e. The van der Waals surface area contributed by atoms with Crippen molar-refractivity contribution in [3.63, 3.8) is 0 Å². The standard InChI is InChI=1S/C26H37ClF3N5O5/c1-12-8-14(20(36)31-12)11-35(24(40)19(27)28)33-22(38)17-15-7-5-6-13(15)10-34(17)23(39)18(25(2,3)4)32-21(37)16-9-26(16,29)30/h12-19H,5-11H2,1-4H3,(H,31,36)(H,32,37)(H,33,38)/t12-,13-,14+,15-,16-,17-,18+,19-/m0/s1. The molecule has 0 radical (unpaired) electrons. The van der Waals surface area contributed by atoms with E-state index in [2.05, 4.69) is 16.1 Å². The molecule has 2 heterocycles. The van der Waals surface area contributed by atoms with Crippen molar-refractivity contribution in [1.29, 1.82) is 0 Å². The zero-order valence-corrected chi connectivity index (χ0v) is 23.8. The predicted octanol–water partition coefficient (Wildman–Crippen LogP) is 1.72. The van der Waals surface area contributed by atoms with E-state index in [1.807, 2.05) is 0 Å². The maximum absolute atomic E-state index is 13.9. The summed E-state index contributed by atoms with van der Waals surface area (Å²) < 4.78 is 41.0. The first-order chi connectivity index (χ1) is 18.5. The van der Waals surface area contributed by atoms with Gasteiger partial charge >= 0.3 is 0 Å². The van der Waals surface area contributed by atoms with Crippen molar-refractivity contribution in [2.75, 3.05) is 13.1 Å². The molecule has 4 fully saturated rings. The third-order valence-electron chi connectivity index (χ3n) is 8.48. The fourth-order valence-corrected chi connectivity index (χ4v) is 6.38. The second kappa shape index (κ2) is 11.0. The van der Waals surface area contributed by atoms with Crippen LogP contribution in [0.2, 0.25) is 0 Å². The topological polar surface area (TPSA) is 128 Å². The summed E-state index contributed by atoms with van der Waals surface area (Å²) in [4.78, 5) is 66.3. The van der Waals surface area contributed by atoms with Gasteiger partial charge < -0.3 is 15.5 Å². The van der Waals surface area contributed by atoms with Gasteiger partial charge in [-0.05, 0) is 43.4 Å². The number of amides is 5. The van der Waals surface area contributed by atoms with Gasteiger partial charge in [-0.1, -0.05) is 38.8 Å². The van der Waals surface area contributed by atoms with Crippen LogP contribution >= 0.6 is 11.6 Å². The third-order valence-corrected chi connectivity index (χ3v) is 8.67. The van der Waals surface area contributed by atoms with Crippen LogP contribution in [0.25, 0.3) is 0 Å². The van der Waals surface area contributed by atoms with Crippen LogP contribution in [0.3, 0.4) is 0 Å². The Labute approximate surface area is 236 Å². The molecule has 2 aliphatic heterocycles. The Balaban J connectivity index is 1.55. The molecule has 0 bridgehead atoms. The van der Waals surface area contributed by atoms with E-state index in [1.54, 1.807) is 27.7 Å². The summed E-state index contributed by atoms with van der Waals surface area (Å²) in [6.07, 6.45) is 2.00. The molecule has 224 valence electrons. The van der Waals surface area contributed by atoms with E-state index in [4.69, 9.17) is 11.6 Å². The lowest BCUT2D eigenvalue weighted by Crippen LogP contribution is -2.61. The molecule has 0 aromatic heterocycles. The van der Waals surface area contributed by atoms with Crippen molar-refractivity contribution in [2.45, 2.75) is 89.5 Å². The monoisotopic (exact) mass is 591 g/mol. The number of hydrogen-bond acceptors (Lipinski definition) is 5. The molecule has 14 heteroatoms. The van der Waals surface area contributed by atoms with Gasteiger partial charge in [0.15, 0.2) is 0 Å². The van der Waals surface area contributed by atoms with E-state index < -0.39 is 70.9 Å². The molecule has 8 atom stereocenters. The van der Waals surface area contributed by atoms with E-state index in [-0.39, 0.29) is 36.9 Å². The lowest BCUT2D eigenvalue weighted by molar-refractivity contribution is -0.150. The Kier molecular flexibility index (Phi) is 8.37. The zero-order valence-electron chi connectivity index (χ0n) is 23.0. The Bertz CT molecular complexity index is 1070. The van der Waals surface area contributed by atoms with Crippen LogP contribution in [0.5, 0.6) is 0 Å². The smallest absolute Gasteiger partial charge is 0.291 e. The van der Waals surface area contributed by atoms with Crippen molar-refractivity contribution >= 4 is 41.1 Å². The van der Waals surface area contributed by atoms with Crippen LogP contribution in [0.15, 0.2) is 0 Å².